The van der Waals surface area contributed by atoms with Crippen LogP contribution in [-0.4, -0.2) is 22.3 Å². The van der Waals surface area contributed by atoms with Gasteiger partial charge in [0.25, 0.3) is 5.22 Å². The molecule has 0 spiro atoms. The normalized spacial score (nSPS) is 30.4. The maximum absolute atomic E-state index is 9.60. The van der Waals surface area contributed by atoms with Crippen molar-refractivity contribution in [2.45, 2.75) is 55.3 Å². The van der Waals surface area contributed by atoms with Gasteiger partial charge in [0, 0.05) is 11.8 Å². The van der Waals surface area contributed by atoms with Gasteiger partial charge >= 0.3 is 0 Å². The molecule has 5 heteroatoms. The van der Waals surface area contributed by atoms with E-state index < -0.39 is 0 Å². The van der Waals surface area contributed by atoms with Gasteiger partial charge in [0.2, 0.25) is 0 Å². The lowest BCUT2D eigenvalue weighted by molar-refractivity contribution is 0.307. The molecular formula is C14H19N3OS. The predicted octanol–water partition coefficient (Wildman–Crippen LogP) is 2.97. The molecule has 19 heavy (non-hydrogen) atoms. The van der Waals surface area contributed by atoms with Crippen molar-refractivity contribution < 1.29 is 4.42 Å². The van der Waals surface area contributed by atoms with Crippen LogP contribution in [0.25, 0.3) is 0 Å². The second kappa shape index (κ2) is 5.56. The van der Waals surface area contributed by atoms with Gasteiger partial charge in [-0.2, -0.15) is 5.26 Å². The maximum atomic E-state index is 9.60. The molecule has 2 saturated carbocycles. The molecule has 3 rings (SSSR count). The van der Waals surface area contributed by atoms with E-state index in [2.05, 4.69) is 16.4 Å². The van der Waals surface area contributed by atoms with Crippen molar-refractivity contribution >= 4 is 11.8 Å². The number of rotatable bonds is 6. The number of hydrogen-bond acceptors (Lipinski definition) is 5. The summed E-state index contributed by atoms with van der Waals surface area (Å²) in [5.74, 6) is 1.45. The van der Waals surface area contributed by atoms with Crippen molar-refractivity contribution in [3.63, 3.8) is 0 Å². The molecule has 0 aromatic carbocycles. The van der Waals surface area contributed by atoms with Crippen molar-refractivity contribution in [3.05, 3.63) is 12.5 Å². The number of nitrogens with zero attached hydrogens (tertiary/aromatic N) is 2. The second-order valence-corrected chi connectivity index (χ2v) is 6.57. The Hall–Kier alpha value is -0.990. The lowest BCUT2D eigenvalue weighted by Crippen LogP contribution is -2.48. The standard InChI is InChI=1S/C14H19N3OS/c15-10-14(17-12-3-4-12)6-1-2-11(14)5-9-19-13-16-7-8-18-13/h7-8,11-12,17H,1-6,9H2. The van der Waals surface area contributed by atoms with Crippen LogP contribution >= 0.6 is 11.8 Å². The molecule has 4 nitrogen and oxygen atoms in total. The van der Waals surface area contributed by atoms with Gasteiger partial charge in [0.15, 0.2) is 0 Å². The van der Waals surface area contributed by atoms with Crippen LogP contribution in [-0.2, 0) is 0 Å². The number of nitrogens with one attached hydrogen (secondary N) is 1. The number of hydrogen-bond donors (Lipinski definition) is 1. The average molecular weight is 277 g/mol. The summed E-state index contributed by atoms with van der Waals surface area (Å²) < 4.78 is 5.22. The third-order valence-corrected chi connectivity index (χ3v) is 5.05. The van der Waals surface area contributed by atoms with E-state index in [1.54, 1.807) is 24.2 Å². The zero-order valence-electron chi connectivity index (χ0n) is 11.0. The molecule has 2 fully saturated rings. The summed E-state index contributed by atoms with van der Waals surface area (Å²) in [6.07, 6.45) is 10.1. The maximum Gasteiger partial charge on any atom is 0.255 e. The second-order valence-electron chi connectivity index (χ2n) is 5.53. The minimum atomic E-state index is -0.266. The quantitative estimate of drug-likeness (QED) is 0.810. The zero-order valence-corrected chi connectivity index (χ0v) is 11.8. The molecule has 1 aromatic heterocycles. The Labute approximate surface area is 118 Å². The Morgan fingerprint density at radius 3 is 3.11 bits per heavy atom. The zero-order chi connectivity index (χ0) is 13.1. The molecule has 102 valence electrons. The van der Waals surface area contributed by atoms with Crippen molar-refractivity contribution in [1.29, 1.82) is 5.26 Å². The first-order valence-electron chi connectivity index (χ1n) is 7.04. The number of thioether (sulfide) groups is 1. The number of oxazole rings is 1. The molecule has 2 atom stereocenters. The fraction of sp³-hybridized carbons (Fsp3) is 0.714. The van der Waals surface area contributed by atoms with Crippen molar-refractivity contribution in [2.24, 2.45) is 5.92 Å². The van der Waals surface area contributed by atoms with E-state index in [9.17, 15) is 5.26 Å². The summed E-state index contributed by atoms with van der Waals surface area (Å²) in [5, 5.41) is 13.9. The Bertz CT molecular complexity index is 452. The number of aromatic nitrogens is 1. The molecule has 0 aliphatic heterocycles. The highest BCUT2D eigenvalue weighted by Crippen LogP contribution is 2.40. The van der Waals surface area contributed by atoms with Crippen molar-refractivity contribution in [2.75, 3.05) is 5.75 Å². The van der Waals surface area contributed by atoms with E-state index in [1.807, 2.05) is 0 Å². The Kier molecular flexibility index (Phi) is 3.81. The van der Waals surface area contributed by atoms with Crippen LogP contribution in [0, 0.1) is 17.2 Å². The lowest BCUT2D eigenvalue weighted by Gasteiger charge is -2.30. The van der Waals surface area contributed by atoms with E-state index in [-0.39, 0.29) is 5.54 Å². The van der Waals surface area contributed by atoms with Gasteiger partial charge in [-0.15, -0.1) is 0 Å². The summed E-state index contributed by atoms with van der Waals surface area (Å²) >= 11 is 1.64. The summed E-state index contributed by atoms with van der Waals surface area (Å²) in [4.78, 5) is 4.11. The van der Waals surface area contributed by atoms with Crippen LogP contribution in [0.5, 0.6) is 0 Å². The molecule has 0 bridgehead atoms. The SMILES string of the molecule is N#CC1(NC2CC2)CCCC1CCSc1ncco1. The van der Waals surface area contributed by atoms with E-state index in [4.69, 9.17) is 4.42 Å². The molecule has 2 unspecified atom stereocenters. The van der Waals surface area contributed by atoms with Crippen LogP contribution in [0.1, 0.15) is 38.5 Å². The monoisotopic (exact) mass is 277 g/mol. The largest absolute Gasteiger partial charge is 0.440 e. The van der Waals surface area contributed by atoms with Crippen LogP contribution in [0.3, 0.4) is 0 Å². The van der Waals surface area contributed by atoms with Gasteiger partial charge < -0.3 is 4.42 Å². The Balaban J connectivity index is 1.54. The van der Waals surface area contributed by atoms with Crippen LogP contribution in [0.4, 0.5) is 0 Å². The summed E-state index contributed by atoms with van der Waals surface area (Å²) in [5.41, 5.74) is -0.266. The third kappa shape index (κ3) is 2.96. The lowest BCUT2D eigenvalue weighted by atomic mass is 9.86. The van der Waals surface area contributed by atoms with Gasteiger partial charge in [0.05, 0.1) is 12.3 Å². The minimum absolute atomic E-state index is 0.266. The molecule has 0 saturated heterocycles. The third-order valence-electron chi connectivity index (χ3n) is 4.16. The fourth-order valence-electron chi connectivity index (χ4n) is 3.00. The van der Waals surface area contributed by atoms with Gasteiger partial charge in [-0.1, -0.05) is 18.2 Å². The molecule has 2 aliphatic rings. The molecular weight excluding hydrogens is 258 g/mol. The average Bonchev–Trinajstić information content (AvgIpc) is 2.92. The Morgan fingerprint density at radius 2 is 2.42 bits per heavy atom. The summed E-state index contributed by atoms with van der Waals surface area (Å²) in [7, 11) is 0. The summed E-state index contributed by atoms with van der Waals surface area (Å²) in [6.45, 7) is 0. The van der Waals surface area contributed by atoms with Crippen molar-refractivity contribution in [3.8, 4) is 6.07 Å². The van der Waals surface area contributed by atoms with E-state index in [1.165, 1.54) is 25.7 Å². The molecule has 2 aliphatic carbocycles. The molecule has 1 N–H and O–H groups in total. The Morgan fingerprint density at radius 1 is 1.53 bits per heavy atom. The highest BCUT2D eigenvalue weighted by Gasteiger charge is 2.45. The van der Waals surface area contributed by atoms with Gasteiger partial charge in [0.1, 0.15) is 11.8 Å². The first-order valence-corrected chi connectivity index (χ1v) is 8.02. The fourth-order valence-corrected chi connectivity index (χ4v) is 3.84. The number of nitriles is 1. The van der Waals surface area contributed by atoms with Gasteiger partial charge in [-0.3, -0.25) is 5.32 Å². The molecule has 0 amide bonds. The van der Waals surface area contributed by atoms with Gasteiger partial charge in [-0.05, 0) is 38.0 Å². The molecule has 0 radical (unpaired) electrons. The van der Waals surface area contributed by atoms with E-state index >= 15 is 0 Å². The van der Waals surface area contributed by atoms with E-state index in [0.29, 0.717) is 12.0 Å². The first-order chi connectivity index (χ1) is 9.32. The van der Waals surface area contributed by atoms with Crippen LogP contribution < -0.4 is 5.32 Å². The minimum Gasteiger partial charge on any atom is -0.440 e. The smallest absolute Gasteiger partial charge is 0.255 e. The van der Waals surface area contributed by atoms with Gasteiger partial charge in [-0.25, -0.2) is 4.98 Å². The van der Waals surface area contributed by atoms with Crippen LogP contribution in [0.15, 0.2) is 22.1 Å². The molecule has 1 heterocycles. The first kappa shape index (κ1) is 13.0. The predicted molar refractivity (Wildman–Crippen MR) is 73.7 cm³/mol. The summed E-state index contributed by atoms with van der Waals surface area (Å²) in [6, 6.07) is 3.18. The topological polar surface area (TPSA) is 61.9 Å². The van der Waals surface area contributed by atoms with E-state index in [0.717, 1.165) is 23.8 Å². The highest BCUT2D eigenvalue weighted by molar-refractivity contribution is 7.99. The van der Waals surface area contributed by atoms with Crippen molar-refractivity contribution in [1.82, 2.24) is 10.3 Å². The molecule has 1 aromatic rings. The van der Waals surface area contributed by atoms with Crippen LogP contribution in [0.2, 0.25) is 0 Å². The highest BCUT2D eigenvalue weighted by atomic mass is 32.2.